The van der Waals surface area contributed by atoms with Crippen LogP contribution < -0.4 is 5.32 Å². The fraction of sp³-hybridized carbons (Fsp3) is 0.500. The van der Waals surface area contributed by atoms with Gasteiger partial charge in [-0.1, -0.05) is 6.92 Å². The van der Waals surface area contributed by atoms with E-state index in [1.807, 2.05) is 18.4 Å². The Morgan fingerprint density at radius 2 is 2.50 bits per heavy atom. The fourth-order valence-corrected chi connectivity index (χ4v) is 1.84. The molecule has 0 saturated carbocycles. The molecule has 0 aliphatic rings. The quantitative estimate of drug-likeness (QED) is 0.758. The molecule has 0 aliphatic carbocycles. The monoisotopic (exact) mass is 213 g/mol. The van der Waals surface area contributed by atoms with E-state index in [1.165, 1.54) is 12.7 Å². The van der Waals surface area contributed by atoms with Gasteiger partial charge in [-0.2, -0.15) is 11.3 Å². The highest BCUT2D eigenvalue weighted by molar-refractivity contribution is 7.07. The van der Waals surface area contributed by atoms with E-state index in [-0.39, 0.29) is 12.0 Å². The van der Waals surface area contributed by atoms with Gasteiger partial charge in [-0.25, -0.2) is 0 Å². The molecule has 14 heavy (non-hydrogen) atoms. The van der Waals surface area contributed by atoms with Crippen LogP contribution in [0.4, 0.5) is 0 Å². The topological polar surface area (TPSA) is 38.3 Å². The Kier molecular flexibility index (Phi) is 4.62. The van der Waals surface area contributed by atoms with Crippen molar-refractivity contribution in [1.82, 2.24) is 5.32 Å². The van der Waals surface area contributed by atoms with Gasteiger partial charge in [0, 0.05) is 6.54 Å². The molecule has 0 aliphatic heterocycles. The number of rotatable bonds is 5. The molecule has 1 aromatic rings. The number of nitrogens with one attached hydrogen (secondary N) is 1. The Bertz CT molecular complexity index is 272. The molecule has 3 nitrogen and oxygen atoms in total. The van der Waals surface area contributed by atoms with Gasteiger partial charge < -0.3 is 10.1 Å². The highest BCUT2D eigenvalue weighted by Crippen LogP contribution is 2.06. The number of thiophene rings is 1. The molecule has 0 radical (unpaired) electrons. The van der Waals surface area contributed by atoms with Gasteiger partial charge in [-0.3, -0.25) is 4.79 Å². The van der Waals surface area contributed by atoms with Crippen LogP contribution in [0.1, 0.15) is 18.9 Å². The van der Waals surface area contributed by atoms with Crippen molar-refractivity contribution in [3.63, 3.8) is 0 Å². The molecular weight excluding hydrogens is 198 g/mol. The average molecular weight is 213 g/mol. The lowest BCUT2D eigenvalue weighted by Gasteiger charge is -2.13. The van der Waals surface area contributed by atoms with E-state index < -0.39 is 0 Å². The summed E-state index contributed by atoms with van der Waals surface area (Å²) in [6.07, 6.45) is 0.747. The van der Waals surface area contributed by atoms with Crippen molar-refractivity contribution in [2.75, 3.05) is 7.11 Å². The normalized spacial score (nSPS) is 12.4. The molecule has 1 unspecified atom stereocenters. The predicted octanol–water partition coefficient (Wildman–Crippen LogP) is 1.79. The molecule has 1 N–H and O–H groups in total. The van der Waals surface area contributed by atoms with Crippen molar-refractivity contribution >= 4 is 17.3 Å². The summed E-state index contributed by atoms with van der Waals surface area (Å²) in [5.74, 6) is -0.192. The van der Waals surface area contributed by atoms with E-state index in [9.17, 15) is 4.79 Å². The SMILES string of the molecule is CCC(NCc1ccsc1)C(=O)OC. The van der Waals surface area contributed by atoms with Gasteiger partial charge in [0.15, 0.2) is 0 Å². The first-order valence-corrected chi connectivity index (χ1v) is 5.54. The Balaban J connectivity index is 2.38. The highest BCUT2D eigenvalue weighted by Gasteiger charge is 2.15. The number of carbonyl (C=O) groups is 1. The van der Waals surface area contributed by atoms with Crippen LogP contribution >= 0.6 is 11.3 Å². The van der Waals surface area contributed by atoms with Gasteiger partial charge in [-0.05, 0) is 28.8 Å². The van der Waals surface area contributed by atoms with Crippen LogP contribution in [0.2, 0.25) is 0 Å². The summed E-state index contributed by atoms with van der Waals surface area (Å²) in [6.45, 7) is 2.68. The van der Waals surface area contributed by atoms with Crippen LogP contribution in [0.25, 0.3) is 0 Å². The van der Waals surface area contributed by atoms with E-state index in [1.54, 1.807) is 11.3 Å². The highest BCUT2D eigenvalue weighted by atomic mass is 32.1. The number of esters is 1. The maximum atomic E-state index is 11.2. The minimum absolute atomic E-state index is 0.192. The summed E-state index contributed by atoms with van der Waals surface area (Å²) < 4.78 is 4.67. The lowest BCUT2D eigenvalue weighted by atomic mass is 10.2. The van der Waals surface area contributed by atoms with E-state index in [0.717, 1.165) is 13.0 Å². The zero-order valence-electron chi connectivity index (χ0n) is 8.45. The summed E-state index contributed by atoms with van der Waals surface area (Å²) >= 11 is 1.66. The second kappa shape index (κ2) is 5.78. The summed E-state index contributed by atoms with van der Waals surface area (Å²) in [6, 6.07) is 1.85. The fourth-order valence-electron chi connectivity index (χ4n) is 1.17. The number of carbonyl (C=O) groups excluding carboxylic acids is 1. The molecule has 1 atom stereocenters. The second-order valence-electron chi connectivity index (χ2n) is 3.00. The zero-order valence-corrected chi connectivity index (χ0v) is 9.26. The van der Waals surface area contributed by atoms with Crippen molar-refractivity contribution in [2.45, 2.75) is 25.9 Å². The van der Waals surface area contributed by atoms with E-state index in [0.29, 0.717) is 0 Å². The Morgan fingerprint density at radius 3 is 3.00 bits per heavy atom. The average Bonchev–Trinajstić information content (AvgIpc) is 2.71. The molecule has 0 aromatic carbocycles. The molecule has 78 valence electrons. The molecular formula is C10H15NO2S. The first kappa shape index (κ1) is 11.2. The second-order valence-corrected chi connectivity index (χ2v) is 3.78. The van der Waals surface area contributed by atoms with Gasteiger partial charge >= 0.3 is 5.97 Å². The lowest BCUT2D eigenvalue weighted by Crippen LogP contribution is -2.36. The van der Waals surface area contributed by atoms with Crippen molar-refractivity contribution < 1.29 is 9.53 Å². The van der Waals surface area contributed by atoms with Crippen LogP contribution in [0.5, 0.6) is 0 Å². The number of hydrogen-bond acceptors (Lipinski definition) is 4. The van der Waals surface area contributed by atoms with Crippen molar-refractivity contribution in [2.24, 2.45) is 0 Å². The van der Waals surface area contributed by atoms with Gasteiger partial charge in [0.25, 0.3) is 0 Å². The molecule has 0 bridgehead atoms. The zero-order chi connectivity index (χ0) is 10.4. The molecule has 0 saturated heterocycles. The maximum Gasteiger partial charge on any atom is 0.322 e. The number of hydrogen-bond donors (Lipinski definition) is 1. The third-order valence-electron chi connectivity index (χ3n) is 2.03. The van der Waals surface area contributed by atoms with E-state index in [4.69, 9.17) is 0 Å². The minimum atomic E-state index is -0.195. The maximum absolute atomic E-state index is 11.2. The predicted molar refractivity (Wildman–Crippen MR) is 57.3 cm³/mol. The lowest BCUT2D eigenvalue weighted by molar-refractivity contribution is -0.143. The number of methoxy groups -OCH3 is 1. The summed E-state index contributed by atoms with van der Waals surface area (Å²) in [5.41, 5.74) is 1.21. The van der Waals surface area contributed by atoms with Crippen LogP contribution in [0, 0.1) is 0 Å². The Morgan fingerprint density at radius 1 is 1.71 bits per heavy atom. The van der Waals surface area contributed by atoms with Crippen molar-refractivity contribution in [3.8, 4) is 0 Å². The molecule has 4 heteroatoms. The molecule has 1 aromatic heterocycles. The van der Waals surface area contributed by atoms with Gasteiger partial charge in [-0.15, -0.1) is 0 Å². The first-order chi connectivity index (χ1) is 6.77. The van der Waals surface area contributed by atoms with E-state index in [2.05, 4.69) is 15.4 Å². The number of ether oxygens (including phenoxy) is 1. The minimum Gasteiger partial charge on any atom is -0.468 e. The van der Waals surface area contributed by atoms with Gasteiger partial charge in [0.1, 0.15) is 6.04 Å². The third-order valence-corrected chi connectivity index (χ3v) is 2.76. The summed E-state index contributed by atoms with van der Waals surface area (Å²) in [4.78, 5) is 11.2. The van der Waals surface area contributed by atoms with Crippen LogP contribution in [-0.2, 0) is 16.1 Å². The smallest absolute Gasteiger partial charge is 0.322 e. The first-order valence-electron chi connectivity index (χ1n) is 4.60. The largest absolute Gasteiger partial charge is 0.468 e. The molecule has 0 fully saturated rings. The standard InChI is InChI=1S/C10H15NO2S/c1-3-9(10(12)13-2)11-6-8-4-5-14-7-8/h4-5,7,9,11H,3,6H2,1-2H3. The Hall–Kier alpha value is -0.870. The Labute approximate surface area is 88.1 Å². The van der Waals surface area contributed by atoms with Crippen LogP contribution in [-0.4, -0.2) is 19.1 Å². The van der Waals surface area contributed by atoms with Gasteiger partial charge in [0.2, 0.25) is 0 Å². The third kappa shape index (κ3) is 3.12. The van der Waals surface area contributed by atoms with E-state index >= 15 is 0 Å². The molecule has 0 spiro atoms. The van der Waals surface area contributed by atoms with Crippen molar-refractivity contribution in [1.29, 1.82) is 0 Å². The van der Waals surface area contributed by atoms with Crippen LogP contribution in [0.15, 0.2) is 16.8 Å². The molecule has 1 rings (SSSR count). The van der Waals surface area contributed by atoms with Crippen molar-refractivity contribution in [3.05, 3.63) is 22.4 Å². The summed E-state index contributed by atoms with van der Waals surface area (Å²) in [7, 11) is 1.41. The molecule has 0 amide bonds. The van der Waals surface area contributed by atoms with Gasteiger partial charge in [0.05, 0.1) is 7.11 Å². The molecule has 1 heterocycles. The summed E-state index contributed by atoms with van der Waals surface area (Å²) in [5, 5.41) is 7.25. The van der Waals surface area contributed by atoms with Crippen LogP contribution in [0.3, 0.4) is 0 Å².